The Morgan fingerprint density at radius 1 is 1.15 bits per heavy atom. The van der Waals surface area contributed by atoms with E-state index in [0.717, 1.165) is 30.3 Å². The number of pyridine rings is 1. The molecule has 1 aliphatic rings. The summed E-state index contributed by atoms with van der Waals surface area (Å²) >= 11 is 3.36. The van der Waals surface area contributed by atoms with Gasteiger partial charge in [-0.15, -0.1) is 11.3 Å². The van der Waals surface area contributed by atoms with Crippen molar-refractivity contribution in [1.82, 2.24) is 19.8 Å². The zero-order valence-corrected chi connectivity index (χ0v) is 15.7. The van der Waals surface area contributed by atoms with Gasteiger partial charge in [-0.2, -0.15) is 11.3 Å². The van der Waals surface area contributed by atoms with Gasteiger partial charge in [0.25, 0.3) is 5.91 Å². The van der Waals surface area contributed by atoms with E-state index in [4.69, 9.17) is 4.98 Å². The van der Waals surface area contributed by atoms with Crippen molar-refractivity contribution in [3.63, 3.8) is 0 Å². The molecule has 6 nitrogen and oxygen atoms in total. The number of hydrogen-bond acceptors (Lipinski definition) is 6. The molecule has 1 fully saturated rings. The van der Waals surface area contributed by atoms with Gasteiger partial charge in [0.15, 0.2) is 0 Å². The van der Waals surface area contributed by atoms with Crippen molar-refractivity contribution in [1.29, 1.82) is 0 Å². The van der Waals surface area contributed by atoms with Crippen LogP contribution >= 0.6 is 22.7 Å². The van der Waals surface area contributed by atoms with E-state index in [9.17, 15) is 9.59 Å². The van der Waals surface area contributed by atoms with Gasteiger partial charge in [0.2, 0.25) is 5.56 Å². The van der Waals surface area contributed by atoms with E-state index in [0.29, 0.717) is 18.7 Å². The summed E-state index contributed by atoms with van der Waals surface area (Å²) in [5, 5.41) is 7.36. The number of nitrogens with one attached hydrogen (secondary N) is 1. The Labute approximate surface area is 158 Å². The highest BCUT2D eigenvalue weighted by Gasteiger charge is 2.22. The number of aromatic nitrogens is 2. The highest BCUT2D eigenvalue weighted by Crippen LogP contribution is 2.26. The van der Waals surface area contributed by atoms with Crippen molar-refractivity contribution in [2.75, 3.05) is 26.2 Å². The average Bonchev–Trinajstić information content (AvgIpc) is 3.34. The zero-order valence-electron chi connectivity index (χ0n) is 14.1. The average molecular weight is 387 g/mol. The normalized spacial score (nSPS) is 15.3. The van der Waals surface area contributed by atoms with Crippen LogP contribution in [0.15, 0.2) is 45.3 Å². The first-order valence-electron chi connectivity index (χ1n) is 8.36. The van der Waals surface area contributed by atoms with Crippen molar-refractivity contribution < 1.29 is 4.79 Å². The van der Waals surface area contributed by atoms with Crippen molar-refractivity contribution in [2.24, 2.45) is 0 Å². The molecular weight excluding hydrogens is 368 g/mol. The smallest absolute Gasteiger partial charge is 0.255 e. The molecule has 0 unspecified atom stereocenters. The molecule has 0 atom stereocenters. The van der Waals surface area contributed by atoms with Gasteiger partial charge in [-0.3, -0.25) is 14.5 Å². The van der Waals surface area contributed by atoms with Crippen LogP contribution in [0.4, 0.5) is 0 Å². The number of aromatic amines is 1. The van der Waals surface area contributed by atoms with E-state index < -0.39 is 0 Å². The first kappa shape index (κ1) is 17.1. The maximum atomic E-state index is 12.5. The Balaban J connectivity index is 1.33. The van der Waals surface area contributed by atoms with Crippen molar-refractivity contribution >= 4 is 28.6 Å². The van der Waals surface area contributed by atoms with Crippen molar-refractivity contribution in [2.45, 2.75) is 6.54 Å². The van der Waals surface area contributed by atoms with Crippen LogP contribution in [0.3, 0.4) is 0 Å². The number of hydrogen-bond donors (Lipinski definition) is 1. The van der Waals surface area contributed by atoms with E-state index in [1.165, 1.54) is 17.8 Å². The lowest BCUT2D eigenvalue weighted by Gasteiger charge is -2.34. The molecule has 0 aliphatic carbocycles. The Hall–Kier alpha value is -2.29. The van der Waals surface area contributed by atoms with Crippen molar-refractivity contribution in [3.05, 3.63) is 62.1 Å². The van der Waals surface area contributed by atoms with E-state index in [1.807, 2.05) is 4.90 Å². The predicted octanol–water partition coefficient (Wildman–Crippen LogP) is 2.52. The lowest BCUT2D eigenvalue weighted by molar-refractivity contribution is 0.0627. The molecule has 4 rings (SSSR count). The van der Waals surface area contributed by atoms with Crippen molar-refractivity contribution in [3.8, 4) is 10.6 Å². The molecule has 0 saturated carbocycles. The molecule has 0 spiro atoms. The highest BCUT2D eigenvalue weighted by atomic mass is 32.1. The zero-order chi connectivity index (χ0) is 17.9. The van der Waals surface area contributed by atoms with Crippen LogP contribution in [0, 0.1) is 0 Å². The second-order valence-corrected chi connectivity index (χ2v) is 7.80. The largest absolute Gasteiger partial charge is 0.336 e. The summed E-state index contributed by atoms with van der Waals surface area (Å²) in [5.74, 6) is -0.0331. The third kappa shape index (κ3) is 3.77. The molecule has 3 aromatic rings. The van der Waals surface area contributed by atoms with Gasteiger partial charge in [-0.05, 0) is 17.5 Å². The van der Waals surface area contributed by atoms with Gasteiger partial charge in [-0.25, -0.2) is 4.98 Å². The summed E-state index contributed by atoms with van der Waals surface area (Å²) in [6.07, 6.45) is 1.48. The Bertz CT molecular complexity index is 920. The minimum Gasteiger partial charge on any atom is -0.336 e. The SMILES string of the molecule is O=C(c1ccc(=O)[nH]c1)N1CCN(Cc2csc(-c3ccsc3)n2)CC1. The minimum atomic E-state index is -0.198. The Morgan fingerprint density at radius 3 is 2.69 bits per heavy atom. The number of nitrogens with zero attached hydrogens (tertiary/aromatic N) is 3. The predicted molar refractivity (Wildman–Crippen MR) is 104 cm³/mol. The lowest BCUT2D eigenvalue weighted by atomic mass is 10.2. The first-order valence-corrected chi connectivity index (χ1v) is 10.2. The second kappa shape index (κ2) is 7.53. The second-order valence-electron chi connectivity index (χ2n) is 6.17. The summed E-state index contributed by atoms with van der Waals surface area (Å²) in [7, 11) is 0. The standard InChI is InChI=1S/C18H18N4O2S2/c23-16-2-1-13(9-19-16)18(24)22-6-4-21(5-7-22)10-15-12-26-17(20-15)14-3-8-25-11-14/h1-3,8-9,11-12H,4-7,10H2,(H,19,23). The number of H-pyrrole nitrogens is 1. The molecule has 0 radical (unpaired) electrons. The molecule has 4 heterocycles. The summed E-state index contributed by atoms with van der Waals surface area (Å²) in [5.41, 5.74) is 2.59. The molecule has 26 heavy (non-hydrogen) atoms. The minimum absolute atomic E-state index is 0.0331. The molecule has 134 valence electrons. The van der Waals surface area contributed by atoms with Gasteiger partial charge < -0.3 is 9.88 Å². The van der Waals surface area contributed by atoms with Crippen LogP contribution in [0.2, 0.25) is 0 Å². The third-order valence-electron chi connectivity index (χ3n) is 4.40. The van der Waals surface area contributed by atoms with Gasteiger partial charge in [0.1, 0.15) is 5.01 Å². The third-order valence-corrected chi connectivity index (χ3v) is 6.02. The highest BCUT2D eigenvalue weighted by molar-refractivity contribution is 7.14. The van der Waals surface area contributed by atoms with E-state index >= 15 is 0 Å². The maximum absolute atomic E-state index is 12.5. The van der Waals surface area contributed by atoms with Gasteiger partial charge >= 0.3 is 0 Å². The van der Waals surface area contributed by atoms with Crippen LogP contribution in [0.5, 0.6) is 0 Å². The summed E-state index contributed by atoms with van der Waals surface area (Å²) in [6, 6.07) is 5.06. The lowest BCUT2D eigenvalue weighted by Crippen LogP contribution is -2.48. The van der Waals surface area contributed by atoms with Crippen LogP contribution in [0.25, 0.3) is 10.6 Å². The maximum Gasteiger partial charge on any atom is 0.255 e. The Morgan fingerprint density at radius 2 is 2.00 bits per heavy atom. The number of rotatable bonds is 4. The van der Waals surface area contributed by atoms with Crippen LogP contribution < -0.4 is 5.56 Å². The van der Waals surface area contributed by atoms with Gasteiger partial charge in [0.05, 0.1) is 11.3 Å². The van der Waals surface area contributed by atoms with Gasteiger partial charge in [-0.1, -0.05) is 0 Å². The van der Waals surface area contributed by atoms with Crippen LogP contribution in [-0.2, 0) is 6.54 Å². The first-order chi connectivity index (χ1) is 12.7. The Kier molecular flexibility index (Phi) is 4.96. The van der Waals surface area contributed by atoms with E-state index in [1.54, 1.807) is 28.7 Å². The fourth-order valence-electron chi connectivity index (χ4n) is 2.96. The summed E-state index contributed by atoms with van der Waals surface area (Å²) in [4.78, 5) is 35.0. The summed E-state index contributed by atoms with van der Waals surface area (Å²) < 4.78 is 0. The molecule has 0 aromatic carbocycles. The molecular formula is C18H18N4O2S2. The number of amides is 1. The topological polar surface area (TPSA) is 69.3 Å². The van der Waals surface area contributed by atoms with Crippen LogP contribution in [-0.4, -0.2) is 51.9 Å². The fourth-order valence-corrected chi connectivity index (χ4v) is 4.49. The monoisotopic (exact) mass is 386 g/mol. The number of thiophene rings is 1. The fraction of sp³-hybridized carbons (Fsp3) is 0.278. The summed E-state index contributed by atoms with van der Waals surface area (Å²) in [6.45, 7) is 3.81. The molecule has 8 heteroatoms. The van der Waals surface area contributed by atoms with Crippen LogP contribution in [0.1, 0.15) is 16.1 Å². The molecule has 1 amide bonds. The van der Waals surface area contributed by atoms with Gasteiger partial charge in [0, 0.05) is 61.3 Å². The van der Waals surface area contributed by atoms with E-state index in [2.05, 4.69) is 32.1 Å². The molecule has 0 bridgehead atoms. The number of piperazine rings is 1. The molecule has 3 aromatic heterocycles. The molecule has 1 N–H and O–H groups in total. The molecule has 1 aliphatic heterocycles. The number of thiazole rings is 1. The van der Waals surface area contributed by atoms with E-state index in [-0.39, 0.29) is 11.5 Å². The quantitative estimate of drug-likeness (QED) is 0.748. The molecule has 1 saturated heterocycles. The number of carbonyl (C=O) groups excluding carboxylic acids is 1. The number of carbonyl (C=O) groups is 1.